The lowest BCUT2D eigenvalue weighted by Crippen LogP contribution is -2.44. The maximum atomic E-state index is 12.0. The predicted octanol–water partition coefficient (Wildman–Crippen LogP) is 2.38. The summed E-state index contributed by atoms with van der Waals surface area (Å²) >= 11 is 0. The fourth-order valence-corrected chi connectivity index (χ4v) is 2.26. The van der Waals surface area contributed by atoms with Crippen LogP contribution in [0.1, 0.15) is 30.9 Å². The van der Waals surface area contributed by atoms with E-state index in [1.54, 1.807) is 11.0 Å². The van der Waals surface area contributed by atoms with Gasteiger partial charge in [0.1, 0.15) is 0 Å². The van der Waals surface area contributed by atoms with E-state index in [4.69, 9.17) is 0 Å². The molecule has 0 unspecified atom stereocenters. The molecule has 1 N–H and O–H groups in total. The lowest BCUT2D eigenvalue weighted by atomic mass is 9.94. The van der Waals surface area contributed by atoms with Gasteiger partial charge >= 0.3 is 0 Å². The Morgan fingerprint density at radius 3 is 2.68 bits per heavy atom. The van der Waals surface area contributed by atoms with E-state index in [0.29, 0.717) is 25.9 Å². The second kappa shape index (κ2) is 5.57. The summed E-state index contributed by atoms with van der Waals surface area (Å²) in [5.41, 5.74) is 1.61. The van der Waals surface area contributed by atoms with E-state index in [-0.39, 0.29) is 5.91 Å². The zero-order valence-corrected chi connectivity index (χ0v) is 11.6. The number of aryl methyl sites for hydroxylation is 1. The molecule has 0 saturated carbocycles. The number of carbonyl (C=O) groups is 1. The van der Waals surface area contributed by atoms with Crippen LogP contribution in [0.4, 0.5) is 0 Å². The van der Waals surface area contributed by atoms with Gasteiger partial charge in [-0.2, -0.15) is 0 Å². The van der Waals surface area contributed by atoms with Gasteiger partial charge in [0.05, 0.1) is 5.60 Å². The molecule has 19 heavy (non-hydrogen) atoms. The number of hydrogen-bond donors (Lipinski definition) is 1. The molecule has 0 aromatic heterocycles. The molecule has 1 heterocycles. The Kier molecular flexibility index (Phi) is 4.05. The van der Waals surface area contributed by atoms with Crippen molar-refractivity contribution >= 4 is 12.0 Å². The first kappa shape index (κ1) is 13.8. The molecule has 102 valence electrons. The van der Waals surface area contributed by atoms with Crippen molar-refractivity contribution in [2.24, 2.45) is 0 Å². The highest BCUT2D eigenvalue weighted by Gasteiger charge is 2.28. The second-order valence-corrected chi connectivity index (χ2v) is 5.57. The van der Waals surface area contributed by atoms with Crippen LogP contribution in [-0.2, 0) is 4.79 Å². The monoisotopic (exact) mass is 259 g/mol. The van der Waals surface area contributed by atoms with Gasteiger partial charge in [-0.15, -0.1) is 0 Å². The number of nitrogens with zero attached hydrogens (tertiary/aromatic N) is 1. The average molecular weight is 259 g/mol. The Hall–Kier alpha value is -1.61. The first-order valence-corrected chi connectivity index (χ1v) is 6.72. The molecule has 1 aliphatic rings. The van der Waals surface area contributed by atoms with E-state index in [9.17, 15) is 9.90 Å². The molecule has 0 bridgehead atoms. The lowest BCUT2D eigenvalue weighted by Gasteiger charge is -2.35. The fourth-order valence-electron chi connectivity index (χ4n) is 2.26. The molecule has 2 rings (SSSR count). The van der Waals surface area contributed by atoms with Crippen molar-refractivity contribution < 1.29 is 9.90 Å². The van der Waals surface area contributed by atoms with Crippen molar-refractivity contribution in [1.29, 1.82) is 0 Å². The van der Waals surface area contributed by atoms with Gasteiger partial charge in [-0.1, -0.05) is 29.8 Å². The summed E-state index contributed by atoms with van der Waals surface area (Å²) < 4.78 is 0. The first-order valence-electron chi connectivity index (χ1n) is 6.72. The van der Waals surface area contributed by atoms with Crippen LogP contribution in [-0.4, -0.2) is 34.6 Å². The molecule has 0 atom stereocenters. The van der Waals surface area contributed by atoms with E-state index in [1.165, 1.54) is 5.56 Å². The van der Waals surface area contributed by atoms with Gasteiger partial charge in [0.25, 0.3) is 0 Å². The van der Waals surface area contributed by atoms with E-state index < -0.39 is 5.60 Å². The summed E-state index contributed by atoms with van der Waals surface area (Å²) in [6, 6.07) is 8.05. The minimum absolute atomic E-state index is 0.0250. The van der Waals surface area contributed by atoms with Crippen molar-refractivity contribution in [2.45, 2.75) is 32.3 Å². The number of likely N-dealkylation sites (tertiary alicyclic amines) is 1. The van der Waals surface area contributed by atoms with Crippen LogP contribution in [0.3, 0.4) is 0 Å². The maximum absolute atomic E-state index is 12.0. The number of amides is 1. The molecule has 1 aliphatic heterocycles. The standard InChI is InChI=1S/C16H21NO2/c1-13-4-3-5-14(12-13)6-7-15(18)17-10-8-16(2,19)9-11-17/h3-7,12,19H,8-11H2,1-2H3/b7-6+. The number of piperidine rings is 1. The number of hydrogen-bond acceptors (Lipinski definition) is 2. The first-order chi connectivity index (χ1) is 8.96. The van der Waals surface area contributed by atoms with Crippen molar-refractivity contribution in [3.05, 3.63) is 41.5 Å². The lowest BCUT2D eigenvalue weighted by molar-refractivity contribution is -0.129. The number of aliphatic hydroxyl groups is 1. The summed E-state index contributed by atoms with van der Waals surface area (Å²) in [6.45, 7) is 5.12. The zero-order chi connectivity index (χ0) is 13.9. The molecule has 0 aliphatic carbocycles. The Balaban J connectivity index is 1.95. The van der Waals surface area contributed by atoms with E-state index in [1.807, 2.05) is 44.2 Å². The van der Waals surface area contributed by atoms with Crippen LogP contribution in [0.25, 0.3) is 6.08 Å². The predicted molar refractivity (Wildman–Crippen MR) is 76.7 cm³/mol. The average Bonchev–Trinajstić information content (AvgIpc) is 2.36. The molecule has 0 spiro atoms. The van der Waals surface area contributed by atoms with E-state index >= 15 is 0 Å². The molecule has 1 aromatic carbocycles. The summed E-state index contributed by atoms with van der Waals surface area (Å²) in [7, 11) is 0. The highest BCUT2D eigenvalue weighted by molar-refractivity contribution is 5.91. The smallest absolute Gasteiger partial charge is 0.246 e. The molecule has 1 aromatic rings. The third-order valence-electron chi connectivity index (χ3n) is 3.61. The Morgan fingerprint density at radius 2 is 2.05 bits per heavy atom. The van der Waals surface area contributed by atoms with Gasteiger partial charge < -0.3 is 10.0 Å². The van der Waals surface area contributed by atoms with Gasteiger partial charge in [-0.25, -0.2) is 0 Å². The molecule has 3 heteroatoms. The van der Waals surface area contributed by atoms with Crippen molar-refractivity contribution in [3.63, 3.8) is 0 Å². The molecule has 1 saturated heterocycles. The van der Waals surface area contributed by atoms with Gasteiger partial charge in [0.15, 0.2) is 0 Å². The largest absolute Gasteiger partial charge is 0.390 e. The van der Waals surface area contributed by atoms with Gasteiger partial charge in [0, 0.05) is 19.2 Å². The van der Waals surface area contributed by atoms with Crippen molar-refractivity contribution in [3.8, 4) is 0 Å². The molecular formula is C16H21NO2. The van der Waals surface area contributed by atoms with Crippen LogP contribution in [0.15, 0.2) is 30.3 Å². The topological polar surface area (TPSA) is 40.5 Å². The van der Waals surface area contributed by atoms with Crippen LogP contribution in [0.2, 0.25) is 0 Å². The SMILES string of the molecule is Cc1cccc(/C=C/C(=O)N2CCC(C)(O)CC2)c1. The van der Waals surface area contributed by atoms with E-state index in [0.717, 1.165) is 5.56 Å². The normalized spacial score (nSPS) is 18.8. The van der Waals surface area contributed by atoms with Gasteiger partial charge in [0.2, 0.25) is 5.91 Å². The van der Waals surface area contributed by atoms with Crippen molar-refractivity contribution in [2.75, 3.05) is 13.1 Å². The highest BCUT2D eigenvalue weighted by Crippen LogP contribution is 2.21. The third kappa shape index (κ3) is 3.93. The fraction of sp³-hybridized carbons (Fsp3) is 0.438. The maximum Gasteiger partial charge on any atom is 0.246 e. The van der Waals surface area contributed by atoms with Gasteiger partial charge in [-0.05, 0) is 38.3 Å². The highest BCUT2D eigenvalue weighted by atomic mass is 16.3. The summed E-state index contributed by atoms with van der Waals surface area (Å²) in [6.07, 6.45) is 4.77. The van der Waals surface area contributed by atoms with Crippen LogP contribution >= 0.6 is 0 Å². The molecule has 0 radical (unpaired) electrons. The van der Waals surface area contributed by atoms with Gasteiger partial charge in [-0.3, -0.25) is 4.79 Å². The minimum Gasteiger partial charge on any atom is -0.390 e. The second-order valence-electron chi connectivity index (χ2n) is 5.57. The van der Waals surface area contributed by atoms with E-state index in [2.05, 4.69) is 0 Å². The number of benzene rings is 1. The molecular weight excluding hydrogens is 238 g/mol. The minimum atomic E-state index is -0.614. The molecule has 1 amide bonds. The summed E-state index contributed by atoms with van der Waals surface area (Å²) in [5, 5.41) is 9.86. The summed E-state index contributed by atoms with van der Waals surface area (Å²) in [5.74, 6) is 0.0250. The molecule has 1 fully saturated rings. The van der Waals surface area contributed by atoms with Crippen LogP contribution in [0.5, 0.6) is 0 Å². The van der Waals surface area contributed by atoms with Crippen LogP contribution in [0, 0.1) is 6.92 Å². The Bertz CT molecular complexity index is 481. The Labute approximate surface area is 114 Å². The Morgan fingerprint density at radius 1 is 1.37 bits per heavy atom. The zero-order valence-electron chi connectivity index (χ0n) is 11.6. The quantitative estimate of drug-likeness (QED) is 0.828. The number of rotatable bonds is 2. The number of carbonyl (C=O) groups excluding carboxylic acids is 1. The van der Waals surface area contributed by atoms with Crippen molar-refractivity contribution in [1.82, 2.24) is 4.90 Å². The van der Waals surface area contributed by atoms with Crippen LogP contribution < -0.4 is 0 Å². The third-order valence-corrected chi connectivity index (χ3v) is 3.61. The summed E-state index contributed by atoms with van der Waals surface area (Å²) in [4.78, 5) is 13.8. The molecule has 3 nitrogen and oxygen atoms in total.